The molecule has 4 fully saturated rings. The second kappa shape index (κ2) is 28.5. The Morgan fingerprint density at radius 1 is 0.716 bits per heavy atom. The highest BCUT2D eigenvalue weighted by molar-refractivity contribution is 6.74. The SMILES string of the molecule is C=C(C[C@H]1C[C@](C)(O)C[C@@]2(C[C@@H](OC(C)=O)C[C@H](CCO[Si](C)(C)C(C)(C)C)O2)O1)[C@@H](C)[C@H](OC(C)=O)[C@H](C)[C@@H](C[C@@H]1C[C@H](OC)C[C@]2(C[C@@H](O[Si](C)(C)C(C)(C)C)C[C@H](COCc3ccccc3)O2)O1)OCOCc1ccccc1. The van der Waals surface area contributed by atoms with Gasteiger partial charge in [-0.15, -0.1) is 0 Å². The van der Waals surface area contributed by atoms with Gasteiger partial charge in [0.25, 0.3) is 0 Å². The van der Waals surface area contributed by atoms with Crippen LogP contribution in [0, 0.1) is 11.8 Å². The Bertz CT molecular complexity index is 2290. The van der Waals surface area contributed by atoms with Crippen molar-refractivity contribution in [3.8, 4) is 0 Å². The molecule has 4 heterocycles. The number of rotatable bonds is 26. The van der Waals surface area contributed by atoms with Crippen LogP contribution < -0.4 is 0 Å². The molecule has 4 aliphatic rings. The Hall–Kier alpha value is -2.89. The number of methoxy groups -OCH3 is 1. The predicted molar refractivity (Wildman–Crippen MR) is 318 cm³/mol. The van der Waals surface area contributed by atoms with Crippen molar-refractivity contribution < 1.29 is 70.9 Å². The molecule has 14 atom stereocenters. The van der Waals surface area contributed by atoms with Crippen LogP contribution in [-0.2, 0) is 79.0 Å². The van der Waals surface area contributed by atoms with E-state index in [9.17, 15) is 14.7 Å². The van der Waals surface area contributed by atoms with Crippen LogP contribution in [0.3, 0.4) is 0 Å². The summed E-state index contributed by atoms with van der Waals surface area (Å²) in [5, 5.41) is 12.1. The molecule has 458 valence electrons. The van der Waals surface area contributed by atoms with Crippen LogP contribution in [0.25, 0.3) is 0 Å². The zero-order valence-electron chi connectivity index (χ0n) is 52.3. The average Bonchev–Trinajstić information content (AvgIpc) is 3.54. The van der Waals surface area contributed by atoms with Crippen molar-refractivity contribution in [3.63, 3.8) is 0 Å². The van der Waals surface area contributed by atoms with Crippen molar-refractivity contribution in [2.45, 2.75) is 268 Å². The van der Waals surface area contributed by atoms with Gasteiger partial charge in [-0.2, -0.15) is 0 Å². The van der Waals surface area contributed by atoms with Crippen molar-refractivity contribution in [2.24, 2.45) is 11.8 Å². The molecule has 2 aromatic rings. The lowest BCUT2D eigenvalue weighted by atomic mass is 9.78. The van der Waals surface area contributed by atoms with E-state index in [1.54, 1.807) is 7.11 Å². The molecule has 17 heteroatoms. The summed E-state index contributed by atoms with van der Waals surface area (Å²) in [7, 11) is -2.53. The summed E-state index contributed by atoms with van der Waals surface area (Å²) in [5.41, 5.74) is 1.69. The second-order valence-electron chi connectivity index (χ2n) is 27.4. The summed E-state index contributed by atoms with van der Waals surface area (Å²) in [6.45, 7) is 37.4. The summed E-state index contributed by atoms with van der Waals surface area (Å²) in [6, 6.07) is 20.1. The van der Waals surface area contributed by atoms with Crippen LogP contribution in [-0.4, -0.2) is 133 Å². The van der Waals surface area contributed by atoms with Crippen LogP contribution in [0.5, 0.6) is 0 Å². The Morgan fingerprint density at radius 2 is 1.26 bits per heavy atom. The molecule has 0 aromatic heterocycles. The number of carbonyl (C=O) groups excluding carboxylic acids is 2. The number of aliphatic hydroxyl groups is 1. The molecule has 15 nitrogen and oxygen atoms in total. The third kappa shape index (κ3) is 19.8. The lowest BCUT2D eigenvalue weighted by Crippen LogP contribution is -2.58. The van der Waals surface area contributed by atoms with Gasteiger partial charge in [0.2, 0.25) is 0 Å². The molecule has 4 aliphatic heterocycles. The molecule has 81 heavy (non-hydrogen) atoms. The summed E-state index contributed by atoms with van der Waals surface area (Å²) < 4.78 is 79.9. The zero-order chi connectivity index (χ0) is 59.6. The quantitative estimate of drug-likeness (QED) is 0.0311. The van der Waals surface area contributed by atoms with Gasteiger partial charge in [0.1, 0.15) is 19.0 Å². The van der Waals surface area contributed by atoms with E-state index in [1.807, 2.05) is 69.3 Å². The minimum Gasteiger partial charge on any atom is -0.462 e. The van der Waals surface area contributed by atoms with Gasteiger partial charge in [0, 0.05) is 97.2 Å². The minimum atomic E-state index is -2.23. The van der Waals surface area contributed by atoms with Crippen LogP contribution >= 0.6 is 0 Å². The van der Waals surface area contributed by atoms with Gasteiger partial charge in [0.05, 0.1) is 68.1 Å². The maximum Gasteiger partial charge on any atom is 0.302 e. The van der Waals surface area contributed by atoms with E-state index in [2.05, 4.69) is 86.4 Å². The highest BCUT2D eigenvalue weighted by Crippen LogP contribution is 2.49. The van der Waals surface area contributed by atoms with Crippen LogP contribution in [0.4, 0.5) is 0 Å². The van der Waals surface area contributed by atoms with E-state index >= 15 is 0 Å². The number of ether oxygens (including phenoxy) is 10. The highest BCUT2D eigenvalue weighted by atomic mass is 28.4. The van der Waals surface area contributed by atoms with Gasteiger partial charge in [-0.05, 0) is 67.2 Å². The third-order valence-corrected chi connectivity index (χ3v) is 27.2. The molecule has 2 spiro atoms. The number of esters is 2. The molecule has 2 aromatic carbocycles. The Labute approximate surface area is 488 Å². The Kier molecular flexibility index (Phi) is 23.7. The maximum absolute atomic E-state index is 13.3. The van der Waals surface area contributed by atoms with Crippen molar-refractivity contribution in [3.05, 3.63) is 83.9 Å². The molecule has 1 N–H and O–H groups in total. The monoisotopic (exact) mass is 1170 g/mol. The second-order valence-corrected chi connectivity index (χ2v) is 37.0. The molecule has 0 aliphatic carbocycles. The van der Waals surface area contributed by atoms with Crippen molar-refractivity contribution >= 4 is 28.6 Å². The molecule has 0 unspecified atom stereocenters. The number of hydrogen-bond donors (Lipinski definition) is 1. The van der Waals surface area contributed by atoms with E-state index < -0.39 is 82.1 Å². The van der Waals surface area contributed by atoms with Crippen molar-refractivity contribution in [1.29, 1.82) is 0 Å². The van der Waals surface area contributed by atoms with Gasteiger partial charge in [-0.1, -0.05) is 128 Å². The predicted octanol–water partition coefficient (Wildman–Crippen LogP) is 12.9. The topological polar surface area (TPSA) is 165 Å². The first-order valence-corrected chi connectivity index (χ1v) is 35.8. The van der Waals surface area contributed by atoms with Gasteiger partial charge >= 0.3 is 11.9 Å². The van der Waals surface area contributed by atoms with E-state index in [0.29, 0.717) is 84.2 Å². The largest absolute Gasteiger partial charge is 0.462 e. The highest BCUT2D eigenvalue weighted by Gasteiger charge is 2.55. The fourth-order valence-electron chi connectivity index (χ4n) is 11.9. The normalized spacial score (nSPS) is 30.1. The van der Waals surface area contributed by atoms with Gasteiger partial charge in [-0.3, -0.25) is 9.59 Å². The summed E-state index contributed by atoms with van der Waals surface area (Å²) in [4.78, 5) is 25.7. The van der Waals surface area contributed by atoms with Gasteiger partial charge in [-0.25, -0.2) is 0 Å². The Balaban J connectivity index is 1.23. The molecule has 0 saturated carbocycles. The molecule has 6 rings (SSSR count). The number of carbonyl (C=O) groups is 2. The smallest absolute Gasteiger partial charge is 0.302 e. The van der Waals surface area contributed by atoms with E-state index in [0.717, 1.165) is 16.7 Å². The maximum atomic E-state index is 13.3. The Morgan fingerprint density at radius 3 is 1.85 bits per heavy atom. The molecule has 0 bridgehead atoms. The number of benzene rings is 2. The molecular weight excluding hydrogens is 1060 g/mol. The lowest BCUT2D eigenvalue weighted by Gasteiger charge is -2.52. The molecular formula is C64H104O15Si2. The van der Waals surface area contributed by atoms with E-state index in [-0.39, 0.29) is 60.1 Å². The first-order valence-electron chi connectivity index (χ1n) is 30.0. The standard InChI is InChI=1S/C64H104O15Si2/c1-44(30-55-35-62(12,67)42-64(77-55)37-54(73-47(4)65)31-51(75-64)28-29-72-80(14,15)60(6,7)8)45(2)59(74-48(5)66)46(3)58(71-43-70-40-50-26-22-19-23-27-50)34-52-32-53(68-13)36-63(76-52)38-56(79-81(16,17)61(9,10)11)33-57(78-63)41-69-39-49-24-20-18-21-25-49/h18-27,45-46,51-59,67H,1,28-43H2,2-17H3/t45-,46-,51+,52+,53+,54+,55+,56+,57-,58-,59+,62+,63+,64-/m1/s1. The first kappa shape index (κ1) is 67.2. The third-order valence-electron chi connectivity index (χ3n) is 18.1. The van der Waals surface area contributed by atoms with Gasteiger partial charge in [0.15, 0.2) is 28.2 Å². The van der Waals surface area contributed by atoms with E-state index in [1.165, 1.54) is 13.8 Å². The first-order chi connectivity index (χ1) is 37.8. The summed E-state index contributed by atoms with van der Waals surface area (Å²) >= 11 is 0. The summed E-state index contributed by atoms with van der Waals surface area (Å²) in [5.74, 6) is -3.90. The van der Waals surface area contributed by atoms with Crippen molar-refractivity contribution in [1.82, 2.24) is 0 Å². The zero-order valence-corrected chi connectivity index (χ0v) is 54.3. The fraction of sp³-hybridized carbons (Fsp3) is 0.750. The minimum absolute atomic E-state index is 0.0118. The van der Waals surface area contributed by atoms with Crippen LogP contribution in [0.2, 0.25) is 36.3 Å². The van der Waals surface area contributed by atoms with Crippen LogP contribution in [0.1, 0.15) is 158 Å². The molecule has 0 radical (unpaired) electrons. The lowest BCUT2D eigenvalue weighted by molar-refractivity contribution is -0.350. The summed E-state index contributed by atoms with van der Waals surface area (Å²) in [6.07, 6.45) is 1.25. The molecule has 0 amide bonds. The average molecular weight is 1170 g/mol. The van der Waals surface area contributed by atoms with Gasteiger partial charge < -0.3 is 61.3 Å². The fourth-order valence-corrected chi connectivity index (χ4v) is 14.3. The molecule has 4 saturated heterocycles. The van der Waals surface area contributed by atoms with Crippen LogP contribution in [0.15, 0.2) is 72.8 Å². The number of hydrogen-bond acceptors (Lipinski definition) is 15. The van der Waals surface area contributed by atoms with Crippen molar-refractivity contribution in [2.75, 3.05) is 27.1 Å². The van der Waals surface area contributed by atoms with E-state index in [4.69, 9.17) is 56.2 Å².